The summed E-state index contributed by atoms with van der Waals surface area (Å²) in [6, 6.07) is 7.72. The van der Waals surface area contributed by atoms with E-state index in [-0.39, 0.29) is 16.8 Å². The molecule has 2 aromatic rings. The number of fused-ring (bicyclic) bond motifs is 1. The van der Waals surface area contributed by atoms with Gasteiger partial charge < -0.3 is 15.7 Å². The molecule has 1 atom stereocenters. The Labute approximate surface area is 141 Å². The van der Waals surface area contributed by atoms with Gasteiger partial charge in [-0.05, 0) is 30.5 Å². The third-order valence-corrected chi connectivity index (χ3v) is 5.11. The maximum absolute atomic E-state index is 11.2. The van der Waals surface area contributed by atoms with Crippen molar-refractivity contribution in [2.45, 2.75) is 18.0 Å². The minimum atomic E-state index is -4.35. The SMILES string of the molecule is CC(Nc1ccc2cc(S(=O)(=O)O)cc(O)c2c1)N1CCNCC1. The molecule has 0 radical (unpaired) electrons. The van der Waals surface area contributed by atoms with Crippen LogP contribution in [0.25, 0.3) is 10.8 Å². The van der Waals surface area contributed by atoms with Gasteiger partial charge in [-0.1, -0.05) is 6.07 Å². The number of anilines is 1. The van der Waals surface area contributed by atoms with Gasteiger partial charge in [0.1, 0.15) is 5.75 Å². The molecule has 1 fully saturated rings. The second-order valence-corrected chi connectivity index (χ2v) is 7.38. The Hall–Kier alpha value is -1.87. The summed E-state index contributed by atoms with van der Waals surface area (Å²) in [7, 11) is -4.35. The fourth-order valence-corrected chi connectivity index (χ4v) is 3.49. The van der Waals surface area contributed by atoms with E-state index in [1.54, 1.807) is 12.1 Å². The molecule has 0 aliphatic carbocycles. The second kappa shape index (κ2) is 6.56. The molecule has 0 spiro atoms. The summed E-state index contributed by atoms with van der Waals surface area (Å²) in [4.78, 5) is 2.00. The van der Waals surface area contributed by atoms with Crippen LogP contribution in [0.15, 0.2) is 35.2 Å². The summed E-state index contributed by atoms with van der Waals surface area (Å²) in [6.45, 7) is 5.93. The number of piperazine rings is 1. The maximum atomic E-state index is 11.2. The molecule has 8 heteroatoms. The highest BCUT2D eigenvalue weighted by Gasteiger charge is 2.17. The zero-order valence-corrected chi connectivity index (χ0v) is 14.2. The summed E-state index contributed by atoms with van der Waals surface area (Å²) in [5.41, 5.74) is 0.837. The zero-order valence-electron chi connectivity index (χ0n) is 13.4. The van der Waals surface area contributed by atoms with Crippen molar-refractivity contribution in [1.29, 1.82) is 0 Å². The summed E-state index contributed by atoms with van der Waals surface area (Å²) in [5, 5.41) is 17.9. The number of phenolic OH excluding ortho intramolecular Hbond substituents is 1. The van der Waals surface area contributed by atoms with Crippen LogP contribution in [0.3, 0.4) is 0 Å². The standard InChI is InChI=1S/C16H21N3O4S/c1-11(19-6-4-17-5-7-19)18-13-3-2-12-8-14(24(21,22)23)10-16(20)15(12)9-13/h2-3,8-11,17-18,20H,4-7H2,1H3,(H,21,22,23). The molecule has 0 saturated carbocycles. The number of rotatable bonds is 4. The highest BCUT2D eigenvalue weighted by Crippen LogP contribution is 2.31. The molecule has 0 bridgehead atoms. The van der Waals surface area contributed by atoms with E-state index in [9.17, 15) is 13.5 Å². The Morgan fingerprint density at radius 3 is 2.58 bits per heavy atom. The van der Waals surface area contributed by atoms with Crippen molar-refractivity contribution < 1.29 is 18.1 Å². The number of hydrogen-bond donors (Lipinski definition) is 4. The second-order valence-electron chi connectivity index (χ2n) is 5.96. The van der Waals surface area contributed by atoms with E-state index in [0.29, 0.717) is 10.8 Å². The number of benzene rings is 2. The molecule has 2 aromatic carbocycles. The number of phenols is 1. The molecule has 1 aliphatic heterocycles. The predicted molar refractivity (Wildman–Crippen MR) is 93.0 cm³/mol. The zero-order chi connectivity index (χ0) is 17.3. The van der Waals surface area contributed by atoms with Crippen LogP contribution in [0.4, 0.5) is 5.69 Å². The van der Waals surface area contributed by atoms with Crippen LogP contribution in [0.5, 0.6) is 5.75 Å². The minimum absolute atomic E-state index is 0.142. The first-order valence-electron chi connectivity index (χ1n) is 7.80. The first-order chi connectivity index (χ1) is 11.3. The van der Waals surface area contributed by atoms with Crippen LogP contribution in [-0.2, 0) is 10.1 Å². The van der Waals surface area contributed by atoms with E-state index in [2.05, 4.69) is 22.5 Å². The molecule has 7 nitrogen and oxygen atoms in total. The third-order valence-electron chi connectivity index (χ3n) is 4.28. The van der Waals surface area contributed by atoms with E-state index in [0.717, 1.165) is 37.9 Å². The molecule has 1 saturated heterocycles. The van der Waals surface area contributed by atoms with Gasteiger partial charge in [0, 0.05) is 43.3 Å². The average molecular weight is 351 g/mol. The van der Waals surface area contributed by atoms with E-state index >= 15 is 0 Å². The van der Waals surface area contributed by atoms with Gasteiger partial charge >= 0.3 is 0 Å². The first kappa shape index (κ1) is 17.0. The Balaban J connectivity index is 1.87. The van der Waals surface area contributed by atoms with E-state index in [4.69, 9.17) is 4.55 Å². The fraction of sp³-hybridized carbons (Fsp3) is 0.375. The van der Waals surface area contributed by atoms with Crippen molar-refractivity contribution >= 4 is 26.6 Å². The Morgan fingerprint density at radius 1 is 1.21 bits per heavy atom. The van der Waals surface area contributed by atoms with Crippen molar-refractivity contribution in [2.75, 3.05) is 31.5 Å². The lowest BCUT2D eigenvalue weighted by atomic mass is 10.1. The molecule has 1 unspecified atom stereocenters. The summed E-state index contributed by atoms with van der Waals surface area (Å²) < 4.78 is 31.6. The Bertz CT molecular complexity index is 848. The van der Waals surface area contributed by atoms with Gasteiger partial charge in [-0.15, -0.1) is 0 Å². The van der Waals surface area contributed by atoms with Gasteiger partial charge in [0.15, 0.2) is 0 Å². The average Bonchev–Trinajstić information content (AvgIpc) is 2.55. The van der Waals surface area contributed by atoms with Crippen LogP contribution in [0.2, 0.25) is 0 Å². The predicted octanol–water partition coefficient (Wildman–Crippen LogP) is 1.46. The van der Waals surface area contributed by atoms with Crippen LogP contribution >= 0.6 is 0 Å². The van der Waals surface area contributed by atoms with Gasteiger partial charge in [-0.3, -0.25) is 9.45 Å². The number of nitrogens with zero attached hydrogens (tertiary/aromatic N) is 1. The van der Waals surface area contributed by atoms with E-state index in [1.165, 1.54) is 6.07 Å². The number of hydrogen-bond acceptors (Lipinski definition) is 6. The number of nitrogens with one attached hydrogen (secondary N) is 2. The Kier molecular flexibility index (Phi) is 4.64. The van der Waals surface area contributed by atoms with Gasteiger partial charge in [0.2, 0.25) is 0 Å². The highest BCUT2D eigenvalue weighted by atomic mass is 32.2. The molecule has 1 aliphatic rings. The topological polar surface area (TPSA) is 102 Å². The van der Waals surface area contributed by atoms with E-state index < -0.39 is 10.1 Å². The monoisotopic (exact) mass is 351 g/mol. The van der Waals surface area contributed by atoms with Crippen LogP contribution < -0.4 is 10.6 Å². The molecule has 1 heterocycles. The van der Waals surface area contributed by atoms with Crippen LogP contribution in [0.1, 0.15) is 6.92 Å². The van der Waals surface area contributed by atoms with Gasteiger partial charge in [-0.25, -0.2) is 0 Å². The van der Waals surface area contributed by atoms with Gasteiger partial charge in [0.05, 0.1) is 11.1 Å². The smallest absolute Gasteiger partial charge is 0.294 e. The van der Waals surface area contributed by atoms with Crippen molar-refractivity contribution in [2.24, 2.45) is 0 Å². The Morgan fingerprint density at radius 2 is 1.92 bits per heavy atom. The molecule has 0 aromatic heterocycles. The van der Waals surface area contributed by atoms with Gasteiger partial charge in [-0.2, -0.15) is 8.42 Å². The lowest BCUT2D eigenvalue weighted by molar-refractivity contribution is 0.201. The van der Waals surface area contributed by atoms with Crippen molar-refractivity contribution in [3.63, 3.8) is 0 Å². The number of aromatic hydroxyl groups is 1. The molecule has 130 valence electrons. The molecular weight excluding hydrogens is 330 g/mol. The lowest BCUT2D eigenvalue weighted by Gasteiger charge is -2.33. The van der Waals surface area contributed by atoms with Gasteiger partial charge in [0.25, 0.3) is 10.1 Å². The molecule has 4 N–H and O–H groups in total. The van der Waals surface area contributed by atoms with Crippen molar-refractivity contribution in [3.8, 4) is 5.75 Å². The maximum Gasteiger partial charge on any atom is 0.294 e. The normalized spacial score (nSPS) is 17.8. The fourth-order valence-electron chi connectivity index (χ4n) is 2.95. The quantitative estimate of drug-likeness (QED) is 0.619. The first-order valence-corrected chi connectivity index (χ1v) is 9.24. The summed E-state index contributed by atoms with van der Waals surface area (Å²) in [5.74, 6) is -0.182. The van der Waals surface area contributed by atoms with Crippen LogP contribution in [0, 0.1) is 0 Å². The summed E-state index contributed by atoms with van der Waals surface area (Å²) in [6.07, 6.45) is 0.142. The minimum Gasteiger partial charge on any atom is -0.507 e. The molecule has 3 rings (SSSR count). The summed E-state index contributed by atoms with van der Waals surface area (Å²) >= 11 is 0. The molecule has 0 amide bonds. The van der Waals surface area contributed by atoms with E-state index in [1.807, 2.05) is 6.07 Å². The largest absolute Gasteiger partial charge is 0.507 e. The van der Waals surface area contributed by atoms with Crippen molar-refractivity contribution in [1.82, 2.24) is 10.2 Å². The van der Waals surface area contributed by atoms with Crippen molar-refractivity contribution in [3.05, 3.63) is 30.3 Å². The molecular formula is C16H21N3O4S. The molecule has 24 heavy (non-hydrogen) atoms. The lowest BCUT2D eigenvalue weighted by Crippen LogP contribution is -2.49. The van der Waals surface area contributed by atoms with Crippen LogP contribution in [-0.4, -0.2) is 55.3 Å². The highest BCUT2D eigenvalue weighted by molar-refractivity contribution is 7.85. The third kappa shape index (κ3) is 3.62.